The van der Waals surface area contributed by atoms with Gasteiger partial charge in [0.25, 0.3) is 0 Å². The number of benzene rings is 1. The van der Waals surface area contributed by atoms with E-state index in [1.807, 2.05) is 12.1 Å². The normalized spacial score (nSPS) is 28.9. The molecule has 0 radical (unpaired) electrons. The van der Waals surface area contributed by atoms with Crippen LogP contribution in [-0.4, -0.2) is 159 Å². The van der Waals surface area contributed by atoms with Crippen molar-refractivity contribution in [3.63, 3.8) is 0 Å². The van der Waals surface area contributed by atoms with Crippen molar-refractivity contribution >= 4 is 80.7 Å². The van der Waals surface area contributed by atoms with Gasteiger partial charge in [0.15, 0.2) is 0 Å². The number of rotatable bonds is 6. The average molecular weight is 851 g/mol. The number of nitrogens with one attached hydrogen (secondary N) is 5. The number of primary amides is 2. The molecule has 3 aliphatic rings. The SMILES string of the molecule is NC(=O)C[C@@H]1NC(=O)[C@@H]2C[C@@H](O)CN2C(=O)CNC(=O)[C@@H]2C[C@@H](c3ccccc3)CN2C(=O)CNC(=O)[C@@H](CC(=O)O)NC(=O)[C@H](N)CSSC[C@H](C(N)=O)NC1=O. The van der Waals surface area contributed by atoms with Gasteiger partial charge in [0.05, 0.1) is 38.1 Å². The molecular weight excluding hydrogens is 805 g/mol. The highest BCUT2D eigenvalue weighted by Crippen LogP contribution is 2.32. The molecule has 3 heterocycles. The van der Waals surface area contributed by atoms with Crippen molar-refractivity contribution in [3.8, 4) is 0 Å². The topological polar surface area (TPSA) is 356 Å². The number of hydrogen-bond acceptors (Lipinski definition) is 14. The van der Waals surface area contributed by atoms with Gasteiger partial charge in [-0.1, -0.05) is 51.9 Å². The van der Waals surface area contributed by atoms with Crippen molar-refractivity contribution in [2.45, 2.75) is 74.0 Å². The monoisotopic (exact) mass is 850 g/mol. The van der Waals surface area contributed by atoms with Gasteiger partial charge in [-0.25, -0.2) is 0 Å². The smallest absolute Gasteiger partial charge is 0.305 e. The maximum absolute atomic E-state index is 13.7. The number of aliphatic hydroxyl groups excluding tert-OH is 1. The molecule has 0 spiro atoms. The van der Waals surface area contributed by atoms with Gasteiger partial charge in [0.2, 0.25) is 53.2 Å². The van der Waals surface area contributed by atoms with E-state index in [1.165, 1.54) is 4.90 Å². The third-order valence-electron chi connectivity index (χ3n) is 9.54. The van der Waals surface area contributed by atoms with Crippen molar-refractivity contribution in [2.24, 2.45) is 17.2 Å². The zero-order chi connectivity index (χ0) is 42.7. The van der Waals surface area contributed by atoms with E-state index in [1.54, 1.807) is 18.2 Å². The van der Waals surface area contributed by atoms with Gasteiger partial charge < -0.3 is 63.8 Å². The molecule has 0 aliphatic carbocycles. The first kappa shape index (κ1) is 45.2. The zero-order valence-electron chi connectivity index (χ0n) is 31.0. The van der Waals surface area contributed by atoms with Crippen LogP contribution in [0, 0.1) is 0 Å². The molecule has 0 aromatic heterocycles. The molecule has 3 aliphatic heterocycles. The van der Waals surface area contributed by atoms with Crippen LogP contribution in [0.1, 0.15) is 37.2 Å². The molecular formula is C34H46N10O12S2. The fourth-order valence-corrected chi connectivity index (χ4v) is 8.86. The van der Waals surface area contributed by atoms with Crippen molar-refractivity contribution in [1.82, 2.24) is 36.4 Å². The number of aliphatic hydroxyl groups is 1. The van der Waals surface area contributed by atoms with Gasteiger partial charge in [-0.15, -0.1) is 0 Å². The van der Waals surface area contributed by atoms with Gasteiger partial charge in [0, 0.05) is 36.9 Å². The van der Waals surface area contributed by atoms with Crippen LogP contribution in [0.2, 0.25) is 0 Å². The second-order valence-corrected chi connectivity index (χ2v) is 16.4. The first-order valence-electron chi connectivity index (χ1n) is 18.0. The van der Waals surface area contributed by atoms with E-state index in [0.717, 1.165) is 32.1 Å². The number of amides is 9. The van der Waals surface area contributed by atoms with E-state index in [9.17, 15) is 58.2 Å². The molecule has 316 valence electrons. The van der Waals surface area contributed by atoms with E-state index in [-0.39, 0.29) is 43.4 Å². The van der Waals surface area contributed by atoms with Crippen LogP contribution < -0.4 is 43.8 Å². The van der Waals surface area contributed by atoms with Gasteiger partial charge in [-0.2, -0.15) is 0 Å². The molecule has 3 fully saturated rings. The zero-order valence-corrected chi connectivity index (χ0v) is 32.6. The largest absolute Gasteiger partial charge is 0.481 e. The summed E-state index contributed by atoms with van der Waals surface area (Å²) in [5.41, 5.74) is 17.6. The summed E-state index contributed by atoms with van der Waals surface area (Å²) in [6.45, 7) is -1.66. The second-order valence-electron chi connectivity index (χ2n) is 13.8. The third-order valence-corrected chi connectivity index (χ3v) is 12.0. The Balaban J connectivity index is 1.61. The number of aliphatic carboxylic acids is 1. The maximum atomic E-state index is 13.7. The molecule has 24 heteroatoms. The molecule has 0 saturated carbocycles. The lowest BCUT2D eigenvalue weighted by molar-refractivity contribution is -0.142. The van der Waals surface area contributed by atoms with Gasteiger partial charge >= 0.3 is 5.97 Å². The first-order valence-corrected chi connectivity index (χ1v) is 20.5. The summed E-state index contributed by atoms with van der Waals surface area (Å²) in [5.74, 6) is -10.3. The van der Waals surface area contributed by atoms with E-state index in [4.69, 9.17) is 17.2 Å². The number of carbonyl (C=O) groups is 10. The Hall–Kier alpha value is -5.46. The van der Waals surface area contributed by atoms with Crippen LogP contribution in [0.4, 0.5) is 0 Å². The Morgan fingerprint density at radius 1 is 0.707 bits per heavy atom. The number of carboxylic acids is 1. The van der Waals surface area contributed by atoms with Crippen LogP contribution >= 0.6 is 21.6 Å². The molecule has 13 N–H and O–H groups in total. The van der Waals surface area contributed by atoms with E-state index >= 15 is 0 Å². The summed E-state index contributed by atoms with van der Waals surface area (Å²) in [6, 6.07) is 0.466. The standard InChI is InChI=1S/C34H46N10O12S2/c35-19-14-57-58-15-22(29(37)51)42-32(54)20(8-25(36)46)41-34(56)24-7-18(45)13-44(24)27(48)11-39-33(55)23-6-17(16-4-2-1-3-5-16)12-43(23)26(47)10-38-31(53)21(9-28(49)50)40-30(19)52/h1-5,17-24,45H,6-15,35H2,(H2,36,46)(H2,37,51)(H,38,53)(H,39,55)(H,40,52)(H,41,56)(H,42,54)(H,49,50)/t17-,18-,19-,20+,21-,22-,23+,24+/m1/s1. The van der Waals surface area contributed by atoms with E-state index in [0.29, 0.717) is 0 Å². The minimum absolute atomic E-state index is 0.0331. The fourth-order valence-electron chi connectivity index (χ4n) is 6.56. The van der Waals surface area contributed by atoms with Crippen molar-refractivity contribution < 1.29 is 58.2 Å². The van der Waals surface area contributed by atoms with Crippen LogP contribution in [0.3, 0.4) is 0 Å². The molecule has 1 aromatic carbocycles. The minimum atomic E-state index is -1.66. The molecule has 4 rings (SSSR count). The summed E-state index contributed by atoms with van der Waals surface area (Å²) < 4.78 is 0. The van der Waals surface area contributed by atoms with Crippen LogP contribution in [0.25, 0.3) is 0 Å². The molecule has 1 aromatic rings. The van der Waals surface area contributed by atoms with Crippen molar-refractivity contribution in [3.05, 3.63) is 35.9 Å². The van der Waals surface area contributed by atoms with E-state index in [2.05, 4.69) is 26.6 Å². The summed E-state index contributed by atoms with van der Waals surface area (Å²) >= 11 is 0. The summed E-state index contributed by atoms with van der Waals surface area (Å²) in [4.78, 5) is 132. The minimum Gasteiger partial charge on any atom is -0.481 e. The average Bonchev–Trinajstić information content (AvgIpc) is 3.80. The van der Waals surface area contributed by atoms with Crippen molar-refractivity contribution in [2.75, 3.05) is 37.7 Å². The summed E-state index contributed by atoms with van der Waals surface area (Å²) in [5, 5.41) is 31.6. The number of carboxylic acid groups (broad SMARTS) is 1. The quantitative estimate of drug-likeness (QED) is 0.119. The van der Waals surface area contributed by atoms with Gasteiger partial charge in [-0.05, 0) is 12.0 Å². The number of carbonyl (C=O) groups excluding carboxylic acids is 9. The first-order chi connectivity index (χ1) is 27.4. The lowest BCUT2D eigenvalue weighted by Gasteiger charge is -2.27. The molecule has 0 unspecified atom stereocenters. The number of fused-ring (bicyclic) bond motifs is 2. The van der Waals surface area contributed by atoms with Crippen LogP contribution in [-0.2, 0) is 47.9 Å². The maximum Gasteiger partial charge on any atom is 0.305 e. The number of hydrogen-bond donors (Lipinski definition) is 10. The van der Waals surface area contributed by atoms with Crippen LogP contribution in [0.15, 0.2) is 30.3 Å². The molecule has 58 heavy (non-hydrogen) atoms. The molecule has 8 atom stereocenters. The Labute approximate surface area is 339 Å². The van der Waals surface area contributed by atoms with Gasteiger partial charge in [0.1, 0.15) is 30.2 Å². The molecule has 22 nitrogen and oxygen atoms in total. The molecule has 0 bridgehead atoms. The number of nitrogens with two attached hydrogens (primary N) is 3. The molecule has 9 amide bonds. The number of nitrogens with zero attached hydrogens (tertiary/aromatic N) is 2. The third kappa shape index (κ3) is 12.5. The summed E-state index contributed by atoms with van der Waals surface area (Å²) in [7, 11) is 1.92. The molecule has 3 saturated heterocycles. The Morgan fingerprint density at radius 2 is 1.28 bits per heavy atom. The lowest BCUT2D eigenvalue weighted by Crippen LogP contribution is -2.58. The Morgan fingerprint density at radius 3 is 1.90 bits per heavy atom. The van der Waals surface area contributed by atoms with Gasteiger partial charge in [-0.3, -0.25) is 47.9 Å². The highest BCUT2D eigenvalue weighted by Gasteiger charge is 2.43. The summed E-state index contributed by atoms with van der Waals surface area (Å²) in [6.07, 6.45) is -2.93. The lowest BCUT2D eigenvalue weighted by atomic mass is 9.96. The Bertz CT molecular complexity index is 1770. The predicted octanol–water partition coefficient (Wildman–Crippen LogP) is -5.42. The van der Waals surface area contributed by atoms with E-state index < -0.39 is 127 Å². The Kier molecular flexibility index (Phi) is 16.2. The highest BCUT2D eigenvalue weighted by molar-refractivity contribution is 8.76. The highest BCUT2D eigenvalue weighted by atomic mass is 33.1. The second kappa shape index (κ2) is 20.8. The fraction of sp³-hybridized carbons (Fsp3) is 0.529. The predicted molar refractivity (Wildman–Crippen MR) is 205 cm³/mol. The van der Waals surface area contributed by atoms with Crippen LogP contribution in [0.5, 0.6) is 0 Å². The van der Waals surface area contributed by atoms with Crippen molar-refractivity contribution in [1.29, 1.82) is 0 Å².